The molecule has 1 atom stereocenters. The Hall–Kier alpha value is -0.220. The van der Waals surface area contributed by atoms with E-state index in [1.165, 1.54) is 32.1 Å². The Labute approximate surface area is 102 Å². The summed E-state index contributed by atoms with van der Waals surface area (Å²) < 4.78 is 0.358. The quantitative estimate of drug-likeness (QED) is 0.754. The number of carbonyl (C=O) groups is 1. The summed E-state index contributed by atoms with van der Waals surface area (Å²) in [4.78, 5) is 10.7. The lowest BCUT2D eigenvalue weighted by atomic mass is 9.88. The number of carboxylic acid groups (broad SMARTS) is 1. The molecule has 1 fully saturated rings. The Bertz CT molecular complexity index is 227. The summed E-state index contributed by atoms with van der Waals surface area (Å²) in [5.74, 6) is -1.00. The van der Waals surface area contributed by atoms with Gasteiger partial charge in [0.1, 0.15) is 0 Å². The third-order valence-corrected chi connectivity index (χ3v) is 4.94. The van der Waals surface area contributed by atoms with Crippen LogP contribution >= 0.6 is 11.8 Å². The molecule has 0 aliphatic heterocycles. The fourth-order valence-corrected chi connectivity index (χ4v) is 3.20. The topological polar surface area (TPSA) is 49.3 Å². The van der Waals surface area contributed by atoms with E-state index in [0.29, 0.717) is 11.3 Å². The smallest absolute Gasteiger partial charge is 0.307 e. The Kier molecular flexibility index (Phi) is 5.62. The van der Waals surface area contributed by atoms with Crippen molar-refractivity contribution in [1.29, 1.82) is 0 Å². The van der Waals surface area contributed by atoms with Crippen LogP contribution < -0.4 is 5.32 Å². The minimum absolute atomic E-state index is 0.289. The van der Waals surface area contributed by atoms with Gasteiger partial charge in [-0.25, -0.2) is 0 Å². The van der Waals surface area contributed by atoms with Gasteiger partial charge in [-0.1, -0.05) is 26.2 Å². The first-order valence-electron chi connectivity index (χ1n) is 6.08. The molecule has 1 saturated carbocycles. The molecule has 1 aliphatic rings. The third-order valence-electron chi connectivity index (χ3n) is 3.52. The van der Waals surface area contributed by atoms with E-state index in [9.17, 15) is 4.79 Å². The number of thioether (sulfide) groups is 1. The molecule has 94 valence electrons. The van der Waals surface area contributed by atoms with Gasteiger partial charge in [0.05, 0.1) is 5.92 Å². The highest BCUT2D eigenvalue weighted by atomic mass is 32.2. The maximum absolute atomic E-state index is 10.7. The van der Waals surface area contributed by atoms with Crippen LogP contribution in [0.25, 0.3) is 0 Å². The fraction of sp³-hybridized carbons (Fsp3) is 0.917. The van der Waals surface area contributed by atoms with Crippen molar-refractivity contribution in [2.24, 2.45) is 5.92 Å². The highest BCUT2D eigenvalue weighted by molar-refractivity contribution is 8.00. The molecule has 0 aromatic heterocycles. The molecule has 0 amide bonds. The van der Waals surface area contributed by atoms with Crippen molar-refractivity contribution in [3.05, 3.63) is 0 Å². The number of nitrogens with one attached hydrogen (secondary N) is 1. The zero-order valence-electron chi connectivity index (χ0n) is 10.3. The molecule has 3 nitrogen and oxygen atoms in total. The third kappa shape index (κ3) is 3.98. The van der Waals surface area contributed by atoms with Gasteiger partial charge in [-0.2, -0.15) is 11.8 Å². The monoisotopic (exact) mass is 245 g/mol. The molecule has 1 aliphatic carbocycles. The maximum atomic E-state index is 10.7. The molecule has 0 aromatic carbocycles. The van der Waals surface area contributed by atoms with Crippen molar-refractivity contribution in [1.82, 2.24) is 5.32 Å². The molecule has 0 aromatic rings. The molecule has 0 heterocycles. The van der Waals surface area contributed by atoms with Gasteiger partial charge in [0.15, 0.2) is 0 Å². The van der Waals surface area contributed by atoms with Gasteiger partial charge >= 0.3 is 5.97 Å². The van der Waals surface area contributed by atoms with Crippen LogP contribution in [0.2, 0.25) is 0 Å². The summed E-state index contributed by atoms with van der Waals surface area (Å²) in [5.41, 5.74) is 0. The van der Waals surface area contributed by atoms with Crippen molar-refractivity contribution < 1.29 is 9.90 Å². The summed E-state index contributed by atoms with van der Waals surface area (Å²) in [6.45, 7) is 3.28. The first-order chi connectivity index (χ1) is 7.59. The Morgan fingerprint density at radius 3 is 2.56 bits per heavy atom. The van der Waals surface area contributed by atoms with Crippen LogP contribution in [-0.2, 0) is 4.79 Å². The molecule has 2 N–H and O–H groups in total. The van der Waals surface area contributed by atoms with Crippen molar-refractivity contribution in [2.75, 3.05) is 19.3 Å². The zero-order valence-corrected chi connectivity index (χ0v) is 11.1. The lowest BCUT2D eigenvalue weighted by molar-refractivity contribution is -0.140. The van der Waals surface area contributed by atoms with Crippen LogP contribution in [0.3, 0.4) is 0 Å². The Balaban J connectivity index is 2.31. The molecule has 0 radical (unpaired) electrons. The van der Waals surface area contributed by atoms with E-state index < -0.39 is 5.97 Å². The van der Waals surface area contributed by atoms with Gasteiger partial charge < -0.3 is 10.4 Å². The minimum atomic E-state index is -0.714. The Morgan fingerprint density at radius 2 is 2.06 bits per heavy atom. The van der Waals surface area contributed by atoms with E-state index in [-0.39, 0.29) is 5.92 Å². The second-order valence-electron chi connectivity index (χ2n) is 4.82. The lowest BCUT2D eigenvalue weighted by Crippen LogP contribution is -2.41. The summed E-state index contributed by atoms with van der Waals surface area (Å²) in [7, 11) is 0. The van der Waals surface area contributed by atoms with Gasteiger partial charge in [-0.15, -0.1) is 0 Å². The first-order valence-corrected chi connectivity index (χ1v) is 7.31. The maximum Gasteiger partial charge on any atom is 0.307 e. The van der Waals surface area contributed by atoms with Crippen LogP contribution in [0.5, 0.6) is 0 Å². The van der Waals surface area contributed by atoms with Crippen molar-refractivity contribution in [3.63, 3.8) is 0 Å². The predicted octanol–water partition coefficient (Wildman–Crippen LogP) is 2.36. The number of hydrogen-bond acceptors (Lipinski definition) is 3. The molecule has 16 heavy (non-hydrogen) atoms. The van der Waals surface area contributed by atoms with Crippen LogP contribution in [0.15, 0.2) is 0 Å². The summed E-state index contributed by atoms with van der Waals surface area (Å²) in [6, 6.07) is 0. The number of carboxylic acids is 1. The van der Waals surface area contributed by atoms with E-state index in [0.717, 1.165) is 6.54 Å². The van der Waals surface area contributed by atoms with E-state index >= 15 is 0 Å². The average molecular weight is 245 g/mol. The second kappa shape index (κ2) is 6.50. The highest BCUT2D eigenvalue weighted by Crippen LogP contribution is 2.37. The van der Waals surface area contributed by atoms with Crippen molar-refractivity contribution >= 4 is 17.7 Å². The van der Waals surface area contributed by atoms with Gasteiger partial charge in [0, 0.05) is 17.8 Å². The zero-order chi connectivity index (χ0) is 12.0. The molecular formula is C12H23NO2S. The predicted molar refractivity (Wildman–Crippen MR) is 69.0 cm³/mol. The second-order valence-corrected chi connectivity index (χ2v) is 6.09. The summed E-state index contributed by atoms with van der Waals surface area (Å²) >= 11 is 1.94. The molecule has 0 bridgehead atoms. The molecule has 1 rings (SSSR count). The van der Waals surface area contributed by atoms with Crippen LogP contribution in [-0.4, -0.2) is 35.2 Å². The molecule has 4 heteroatoms. The van der Waals surface area contributed by atoms with E-state index in [1.807, 2.05) is 11.8 Å². The Morgan fingerprint density at radius 1 is 1.44 bits per heavy atom. The lowest BCUT2D eigenvalue weighted by Gasteiger charge is -2.36. The van der Waals surface area contributed by atoms with E-state index in [4.69, 9.17) is 5.11 Å². The largest absolute Gasteiger partial charge is 0.481 e. The highest BCUT2D eigenvalue weighted by Gasteiger charge is 2.30. The van der Waals surface area contributed by atoms with Crippen LogP contribution in [0.1, 0.15) is 39.0 Å². The minimum Gasteiger partial charge on any atom is -0.481 e. The number of hydrogen-bond donors (Lipinski definition) is 2. The van der Waals surface area contributed by atoms with E-state index in [1.54, 1.807) is 6.92 Å². The van der Waals surface area contributed by atoms with Gasteiger partial charge in [-0.05, 0) is 19.1 Å². The van der Waals surface area contributed by atoms with Crippen molar-refractivity contribution in [3.8, 4) is 0 Å². The standard InChI is InChI=1S/C12H23NO2S/c1-10(11(14)15)8-13-9-12(16-2)6-4-3-5-7-12/h10,13H,3-9H2,1-2H3,(H,14,15). The normalized spacial score (nSPS) is 21.6. The molecule has 0 spiro atoms. The van der Waals surface area contributed by atoms with Gasteiger partial charge in [-0.3, -0.25) is 4.79 Å². The summed E-state index contributed by atoms with van der Waals surface area (Å²) in [5, 5.41) is 12.1. The van der Waals surface area contributed by atoms with Gasteiger partial charge in [0.25, 0.3) is 0 Å². The van der Waals surface area contributed by atoms with Crippen LogP contribution in [0.4, 0.5) is 0 Å². The first kappa shape index (κ1) is 13.8. The molecule has 1 unspecified atom stereocenters. The van der Waals surface area contributed by atoms with E-state index in [2.05, 4.69) is 11.6 Å². The van der Waals surface area contributed by atoms with Crippen LogP contribution in [0, 0.1) is 5.92 Å². The molecular weight excluding hydrogens is 222 g/mol. The summed E-state index contributed by atoms with van der Waals surface area (Å²) in [6.07, 6.45) is 8.70. The van der Waals surface area contributed by atoms with Gasteiger partial charge in [0.2, 0.25) is 0 Å². The molecule has 0 saturated heterocycles. The SMILES string of the molecule is CSC1(CNCC(C)C(=O)O)CCCCC1. The average Bonchev–Trinajstić information content (AvgIpc) is 2.30. The van der Waals surface area contributed by atoms with Crippen molar-refractivity contribution in [2.45, 2.75) is 43.8 Å². The number of aliphatic carboxylic acids is 1. The fourth-order valence-electron chi connectivity index (χ4n) is 2.25. The number of rotatable bonds is 6.